The fourth-order valence-corrected chi connectivity index (χ4v) is 3.17. The summed E-state index contributed by atoms with van der Waals surface area (Å²) in [6, 6.07) is 2.53. The molecule has 0 bridgehead atoms. The van der Waals surface area contributed by atoms with Crippen LogP contribution >= 0.6 is 24.0 Å². The lowest BCUT2D eigenvalue weighted by Crippen LogP contribution is -2.49. The lowest BCUT2D eigenvalue weighted by atomic mass is 10.2. The molecule has 0 radical (unpaired) electrons. The monoisotopic (exact) mass is 307 g/mol. The molecule has 0 saturated carbocycles. The molecule has 1 aromatic rings. The second kappa shape index (κ2) is 6.15. The number of thioether (sulfide) groups is 1. The molecule has 1 saturated heterocycles. The van der Waals surface area contributed by atoms with Crippen molar-refractivity contribution in [2.75, 3.05) is 0 Å². The van der Waals surface area contributed by atoms with Crippen LogP contribution in [0.2, 0.25) is 0 Å². The zero-order chi connectivity index (χ0) is 14.7. The third kappa shape index (κ3) is 2.88. The number of thiocarbonyl (C=S) groups is 1. The van der Waals surface area contributed by atoms with E-state index in [0.717, 1.165) is 22.2 Å². The number of hydrogen-bond donors (Lipinski definition) is 0. The molecule has 0 aliphatic carbocycles. The number of rotatable bonds is 4. The largest absolute Gasteiger partial charge is 0.548 e. The van der Waals surface area contributed by atoms with Gasteiger partial charge in [-0.05, 0) is 24.1 Å². The molecule has 1 fully saturated rings. The summed E-state index contributed by atoms with van der Waals surface area (Å²) in [5.74, 6) is -1.70. The van der Waals surface area contributed by atoms with Gasteiger partial charge in [-0.15, -0.1) is 0 Å². The number of amides is 1. The number of carbonyl (C=O) groups excluding carboxylic acids is 2. The maximum atomic E-state index is 12.3. The maximum absolute atomic E-state index is 12.3. The highest BCUT2D eigenvalue weighted by Gasteiger charge is 2.36. The van der Waals surface area contributed by atoms with Gasteiger partial charge in [0.05, 0.1) is 16.9 Å². The van der Waals surface area contributed by atoms with Crippen molar-refractivity contribution in [3.63, 3.8) is 0 Å². The molecule has 1 aliphatic rings. The Morgan fingerprint density at radius 1 is 1.65 bits per heavy atom. The van der Waals surface area contributed by atoms with Gasteiger partial charge in [0.25, 0.3) is 5.91 Å². The third-order valence-corrected chi connectivity index (χ3v) is 4.11. The van der Waals surface area contributed by atoms with Crippen molar-refractivity contribution in [3.8, 4) is 0 Å². The number of carboxylic acids is 1. The second-order valence-electron chi connectivity index (χ2n) is 4.08. The summed E-state index contributed by atoms with van der Waals surface area (Å²) in [5.41, 5.74) is 0.759. The number of aliphatic carboxylic acids is 1. The molecule has 0 spiro atoms. The molecular formula is C13H11N2O3S2-. The van der Waals surface area contributed by atoms with Crippen LogP contribution in [0.5, 0.6) is 0 Å². The molecule has 0 N–H and O–H groups in total. The van der Waals surface area contributed by atoms with E-state index < -0.39 is 17.9 Å². The van der Waals surface area contributed by atoms with E-state index in [1.807, 2.05) is 0 Å². The lowest BCUT2D eigenvalue weighted by Gasteiger charge is -2.26. The van der Waals surface area contributed by atoms with Crippen molar-refractivity contribution >= 4 is 46.3 Å². The number of nitrogens with zero attached hydrogens (tertiary/aromatic N) is 2. The van der Waals surface area contributed by atoms with E-state index in [2.05, 4.69) is 4.98 Å². The molecule has 1 aromatic heterocycles. The Balaban J connectivity index is 2.29. The van der Waals surface area contributed by atoms with Gasteiger partial charge in [-0.3, -0.25) is 14.7 Å². The standard InChI is InChI=1S/C13H12N2O3S2/c1-2-9(12(17)18)15-11(16)10(20-13(15)19)6-8-4-3-5-14-7-8/h3-7,9H,2H2,1H3,(H,17,18)/p-1/b10-6-/t9-/m0/s1. The van der Waals surface area contributed by atoms with Crippen LogP contribution in [0.4, 0.5) is 0 Å². The van der Waals surface area contributed by atoms with Gasteiger partial charge < -0.3 is 9.90 Å². The van der Waals surface area contributed by atoms with Gasteiger partial charge in [0.2, 0.25) is 0 Å². The van der Waals surface area contributed by atoms with E-state index in [1.54, 1.807) is 37.5 Å². The van der Waals surface area contributed by atoms with Crippen molar-refractivity contribution < 1.29 is 14.7 Å². The molecule has 0 unspecified atom stereocenters. The Morgan fingerprint density at radius 3 is 2.95 bits per heavy atom. The highest BCUT2D eigenvalue weighted by atomic mass is 32.2. The molecule has 7 heteroatoms. The second-order valence-corrected chi connectivity index (χ2v) is 5.76. The summed E-state index contributed by atoms with van der Waals surface area (Å²) in [7, 11) is 0. The van der Waals surface area contributed by atoms with E-state index in [4.69, 9.17) is 12.2 Å². The van der Waals surface area contributed by atoms with Crippen LogP contribution in [-0.2, 0) is 9.59 Å². The highest BCUT2D eigenvalue weighted by molar-refractivity contribution is 8.26. The van der Waals surface area contributed by atoms with Gasteiger partial charge in [-0.25, -0.2) is 0 Å². The predicted octanol–water partition coefficient (Wildman–Crippen LogP) is 0.811. The Bertz CT molecular complexity index is 587. The molecule has 1 aliphatic heterocycles. The normalized spacial score (nSPS) is 18.6. The van der Waals surface area contributed by atoms with E-state index in [-0.39, 0.29) is 10.7 Å². The van der Waals surface area contributed by atoms with Crippen molar-refractivity contribution in [1.29, 1.82) is 0 Å². The molecule has 1 atom stereocenters. The smallest absolute Gasteiger partial charge is 0.266 e. The van der Waals surface area contributed by atoms with Crippen LogP contribution < -0.4 is 5.11 Å². The zero-order valence-electron chi connectivity index (χ0n) is 10.6. The summed E-state index contributed by atoms with van der Waals surface area (Å²) in [6.45, 7) is 1.67. The van der Waals surface area contributed by atoms with Crippen LogP contribution in [0.1, 0.15) is 18.9 Å². The fourth-order valence-electron chi connectivity index (χ4n) is 1.82. The fraction of sp³-hybridized carbons (Fsp3) is 0.231. The minimum atomic E-state index is -1.30. The van der Waals surface area contributed by atoms with E-state index in [1.165, 1.54) is 0 Å². The van der Waals surface area contributed by atoms with Crippen LogP contribution in [0.3, 0.4) is 0 Å². The minimum absolute atomic E-state index is 0.237. The number of hydrogen-bond acceptors (Lipinski definition) is 6. The average Bonchev–Trinajstić information content (AvgIpc) is 2.68. The first-order valence-electron chi connectivity index (χ1n) is 5.92. The van der Waals surface area contributed by atoms with Crippen LogP contribution in [0.25, 0.3) is 6.08 Å². The molecule has 20 heavy (non-hydrogen) atoms. The van der Waals surface area contributed by atoms with Gasteiger partial charge in [-0.1, -0.05) is 37.0 Å². The first kappa shape index (κ1) is 14.7. The summed E-state index contributed by atoms with van der Waals surface area (Å²) >= 11 is 6.18. The summed E-state index contributed by atoms with van der Waals surface area (Å²) < 4.78 is 0.237. The number of carbonyl (C=O) groups is 2. The molecular weight excluding hydrogens is 296 g/mol. The van der Waals surface area contributed by atoms with Crippen molar-refractivity contribution in [2.24, 2.45) is 0 Å². The Morgan fingerprint density at radius 2 is 2.40 bits per heavy atom. The van der Waals surface area contributed by atoms with Gasteiger partial charge in [0.1, 0.15) is 4.32 Å². The van der Waals surface area contributed by atoms with E-state index in [9.17, 15) is 14.7 Å². The minimum Gasteiger partial charge on any atom is -0.548 e. The van der Waals surface area contributed by atoms with Gasteiger partial charge in [0, 0.05) is 12.4 Å². The average molecular weight is 307 g/mol. The third-order valence-electron chi connectivity index (χ3n) is 2.78. The lowest BCUT2D eigenvalue weighted by molar-refractivity contribution is -0.310. The zero-order valence-corrected chi connectivity index (χ0v) is 12.2. The maximum Gasteiger partial charge on any atom is 0.266 e. The molecule has 104 valence electrons. The SMILES string of the molecule is CC[C@@H](C(=O)[O-])N1C(=O)/C(=C/c2cccnc2)SC1=S. The molecule has 1 amide bonds. The van der Waals surface area contributed by atoms with Crippen molar-refractivity contribution in [1.82, 2.24) is 9.88 Å². The summed E-state index contributed by atoms with van der Waals surface area (Å²) in [5, 5.41) is 11.1. The van der Waals surface area contributed by atoms with Crippen molar-refractivity contribution in [3.05, 3.63) is 35.0 Å². The van der Waals surface area contributed by atoms with E-state index in [0.29, 0.717) is 4.91 Å². The quantitative estimate of drug-likeness (QED) is 0.605. The Hall–Kier alpha value is -1.73. The summed E-state index contributed by atoms with van der Waals surface area (Å²) in [4.78, 5) is 28.8. The predicted molar refractivity (Wildman–Crippen MR) is 78.3 cm³/mol. The van der Waals surface area contributed by atoms with Gasteiger partial charge in [0.15, 0.2) is 0 Å². The Labute approximate surface area is 125 Å². The molecule has 2 rings (SSSR count). The van der Waals surface area contributed by atoms with Gasteiger partial charge in [-0.2, -0.15) is 0 Å². The summed E-state index contributed by atoms with van der Waals surface area (Å²) in [6.07, 6.45) is 5.14. The number of carboxylic acid groups (broad SMARTS) is 1. The number of pyridine rings is 1. The molecule has 5 nitrogen and oxygen atoms in total. The highest BCUT2D eigenvalue weighted by Crippen LogP contribution is 2.34. The van der Waals surface area contributed by atoms with Crippen molar-refractivity contribution in [2.45, 2.75) is 19.4 Å². The number of aromatic nitrogens is 1. The van der Waals surface area contributed by atoms with E-state index >= 15 is 0 Å². The first-order valence-corrected chi connectivity index (χ1v) is 7.15. The molecule has 2 heterocycles. The topological polar surface area (TPSA) is 73.3 Å². The van der Waals surface area contributed by atoms with Gasteiger partial charge >= 0.3 is 0 Å². The van der Waals surface area contributed by atoms with Crippen LogP contribution in [0.15, 0.2) is 29.4 Å². The first-order chi connectivity index (χ1) is 9.54. The van der Waals surface area contributed by atoms with Crippen LogP contribution in [0, 0.1) is 0 Å². The molecule has 0 aromatic carbocycles. The Kier molecular flexibility index (Phi) is 4.51. The van der Waals surface area contributed by atoms with Crippen LogP contribution in [-0.4, -0.2) is 32.1 Å².